The maximum atomic E-state index is 13.6. The Morgan fingerprint density at radius 2 is 2.23 bits per heavy atom. The van der Waals surface area contributed by atoms with Crippen molar-refractivity contribution in [3.8, 4) is 0 Å². The molecular formula is C18H27FN2O. The summed E-state index contributed by atoms with van der Waals surface area (Å²) in [4.78, 5) is 14.6. The highest BCUT2D eigenvalue weighted by Crippen LogP contribution is 2.20. The Kier molecular flexibility index (Phi) is 6.37. The average Bonchev–Trinajstić information content (AvgIpc) is 2.53. The summed E-state index contributed by atoms with van der Waals surface area (Å²) in [6.07, 6.45) is 3.59. The molecular weight excluding hydrogens is 279 g/mol. The van der Waals surface area contributed by atoms with Crippen molar-refractivity contribution in [3.63, 3.8) is 0 Å². The number of carbonyl (C=O) groups excluding carboxylic acids is 1. The standard InChI is InChI=1S/C18H27FN2O/c1-14(9-10-16-7-3-4-8-17(16)19)18(22)21-11-5-6-15(13-21)12-20-2/h3-4,7-8,14-15,20H,5-6,9-13H2,1-2H3. The summed E-state index contributed by atoms with van der Waals surface area (Å²) in [5, 5.41) is 3.20. The molecule has 4 heteroatoms. The van der Waals surface area contributed by atoms with Crippen LogP contribution < -0.4 is 5.32 Å². The fraction of sp³-hybridized carbons (Fsp3) is 0.611. The lowest BCUT2D eigenvalue weighted by atomic mass is 9.95. The fourth-order valence-corrected chi connectivity index (χ4v) is 3.23. The molecule has 0 aliphatic carbocycles. The third-order valence-electron chi connectivity index (χ3n) is 4.55. The van der Waals surface area contributed by atoms with Gasteiger partial charge < -0.3 is 10.2 Å². The normalized spacial score (nSPS) is 20.0. The average molecular weight is 306 g/mol. The van der Waals surface area contributed by atoms with Gasteiger partial charge in [0.1, 0.15) is 5.82 Å². The van der Waals surface area contributed by atoms with Gasteiger partial charge in [-0.2, -0.15) is 0 Å². The zero-order valence-corrected chi connectivity index (χ0v) is 13.6. The van der Waals surface area contributed by atoms with E-state index >= 15 is 0 Å². The van der Waals surface area contributed by atoms with E-state index in [1.807, 2.05) is 24.9 Å². The molecule has 2 atom stereocenters. The minimum Gasteiger partial charge on any atom is -0.342 e. The molecule has 1 aromatic rings. The summed E-state index contributed by atoms with van der Waals surface area (Å²) in [6, 6.07) is 6.83. The molecule has 0 bridgehead atoms. The minimum absolute atomic E-state index is 0.0482. The van der Waals surface area contributed by atoms with E-state index in [0.29, 0.717) is 24.3 Å². The van der Waals surface area contributed by atoms with Crippen molar-refractivity contribution in [2.45, 2.75) is 32.6 Å². The van der Waals surface area contributed by atoms with Gasteiger partial charge in [-0.25, -0.2) is 4.39 Å². The summed E-state index contributed by atoms with van der Waals surface area (Å²) >= 11 is 0. The van der Waals surface area contributed by atoms with Gasteiger partial charge in [-0.05, 0) is 56.8 Å². The second-order valence-corrected chi connectivity index (χ2v) is 6.38. The maximum Gasteiger partial charge on any atom is 0.225 e. The van der Waals surface area contributed by atoms with Crippen LogP contribution in [0.1, 0.15) is 31.7 Å². The molecule has 122 valence electrons. The second-order valence-electron chi connectivity index (χ2n) is 6.38. The molecule has 22 heavy (non-hydrogen) atoms. The van der Waals surface area contributed by atoms with Crippen molar-refractivity contribution in [1.82, 2.24) is 10.2 Å². The van der Waals surface area contributed by atoms with Gasteiger partial charge in [0.2, 0.25) is 5.91 Å². The molecule has 0 radical (unpaired) electrons. The highest BCUT2D eigenvalue weighted by atomic mass is 19.1. The van der Waals surface area contributed by atoms with E-state index in [1.54, 1.807) is 12.1 Å². The molecule has 1 fully saturated rings. The molecule has 0 spiro atoms. The number of amides is 1. The van der Waals surface area contributed by atoms with Gasteiger partial charge in [0.15, 0.2) is 0 Å². The molecule has 1 aromatic carbocycles. The highest BCUT2D eigenvalue weighted by Gasteiger charge is 2.26. The zero-order chi connectivity index (χ0) is 15.9. The lowest BCUT2D eigenvalue weighted by molar-refractivity contribution is -0.137. The first-order chi connectivity index (χ1) is 10.6. The monoisotopic (exact) mass is 306 g/mol. The molecule has 1 aliphatic rings. The van der Waals surface area contributed by atoms with Gasteiger partial charge in [0.05, 0.1) is 0 Å². The molecule has 1 amide bonds. The van der Waals surface area contributed by atoms with E-state index in [9.17, 15) is 9.18 Å². The van der Waals surface area contributed by atoms with E-state index < -0.39 is 0 Å². The number of piperidine rings is 1. The number of carbonyl (C=O) groups is 1. The Labute approximate surface area is 132 Å². The lowest BCUT2D eigenvalue weighted by Gasteiger charge is -2.34. The Balaban J connectivity index is 1.85. The van der Waals surface area contributed by atoms with E-state index in [4.69, 9.17) is 0 Å². The van der Waals surface area contributed by atoms with Gasteiger partial charge in [0, 0.05) is 19.0 Å². The third-order valence-corrected chi connectivity index (χ3v) is 4.55. The van der Waals surface area contributed by atoms with Crippen LogP contribution >= 0.6 is 0 Å². The van der Waals surface area contributed by atoms with E-state index in [2.05, 4.69) is 5.32 Å². The zero-order valence-electron chi connectivity index (χ0n) is 13.6. The second kappa shape index (κ2) is 8.28. The van der Waals surface area contributed by atoms with Crippen molar-refractivity contribution in [2.75, 3.05) is 26.7 Å². The maximum absolute atomic E-state index is 13.6. The predicted molar refractivity (Wildman–Crippen MR) is 87.1 cm³/mol. The van der Waals surface area contributed by atoms with Gasteiger partial charge in [0.25, 0.3) is 0 Å². The van der Waals surface area contributed by atoms with Crippen LogP contribution in [0.2, 0.25) is 0 Å². The molecule has 2 unspecified atom stereocenters. The Bertz CT molecular complexity index is 490. The van der Waals surface area contributed by atoms with Crippen molar-refractivity contribution < 1.29 is 9.18 Å². The number of halogens is 1. The Hall–Kier alpha value is -1.42. The largest absolute Gasteiger partial charge is 0.342 e. The topological polar surface area (TPSA) is 32.3 Å². The van der Waals surface area contributed by atoms with Crippen LogP contribution in [0.25, 0.3) is 0 Å². The van der Waals surface area contributed by atoms with Crippen LogP contribution in [-0.2, 0) is 11.2 Å². The number of benzene rings is 1. The van der Waals surface area contributed by atoms with Crippen LogP contribution in [0.5, 0.6) is 0 Å². The predicted octanol–water partition coefficient (Wildman–Crippen LogP) is 2.85. The highest BCUT2D eigenvalue weighted by molar-refractivity contribution is 5.78. The molecule has 0 saturated carbocycles. The van der Waals surface area contributed by atoms with Gasteiger partial charge in [-0.1, -0.05) is 25.1 Å². The Morgan fingerprint density at radius 3 is 2.95 bits per heavy atom. The van der Waals surface area contributed by atoms with Crippen molar-refractivity contribution in [1.29, 1.82) is 0 Å². The number of hydrogen-bond donors (Lipinski definition) is 1. The smallest absolute Gasteiger partial charge is 0.225 e. The first-order valence-electron chi connectivity index (χ1n) is 8.28. The van der Waals surface area contributed by atoms with Crippen molar-refractivity contribution in [2.24, 2.45) is 11.8 Å². The van der Waals surface area contributed by atoms with Crippen molar-refractivity contribution >= 4 is 5.91 Å². The van der Waals surface area contributed by atoms with Gasteiger partial charge in [-0.3, -0.25) is 4.79 Å². The number of likely N-dealkylation sites (tertiary alicyclic amines) is 1. The summed E-state index contributed by atoms with van der Waals surface area (Å²) in [5.74, 6) is 0.556. The first kappa shape index (κ1) is 16.9. The summed E-state index contributed by atoms with van der Waals surface area (Å²) in [6.45, 7) is 4.64. The van der Waals surface area contributed by atoms with Gasteiger partial charge >= 0.3 is 0 Å². The number of rotatable bonds is 6. The number of aryl methyl sites for hydroxylation is 1. The molecule has 2 rings (SSSR count). The summed E-state index contributed by atoms with van der Waals surface area (Å²) < 4.78 is 13.6. The SMILES string of the molecule is CNCC1CCCN(C(=O)C(C)CCc2ccccc2F)C1. The summed E-state index contributed by atoms with van der Waals surface area (Å²) in [7, 11) is 1.96. The number of nitrogens with zero attached hydrogens (tertiary/aromatic N) is 1. The van der Waals surface area contributed by atoms with Crippen molar-refractivity contribution in [3.05, 3.63) is 35.6 Å². The summed E-state index contributed by atoms with van der Waals surface area (Å²) in [5.41, 5.74) is 0.703. The minimum atomic E-state index is -0.172. The van der Waals surface area contributed by atoms with E-state index in [-0.39, 0.29) is 17.6 Å². The molecule has 3 nitrogen and oxygen atoms in total. The van der Waals surface area contributed by atoms with Crippen LogP contribution in [0.3, 0.4) is 0 Å². The first-order valence-corrected chi connectivity index (χ1v) is 8.28. The van der Waals surface area contributed by atoms with Crippen LogP contribution in [0.15, 0.2) is 24.3 Å². The molecule has 1 aliphatic heterocycles. The van der Waals surface area contributed by atoms with Gasteiger partial charge in [-0.15, -0.1) is 0 Å². The van der Waals surface area contributed by atoms with Crippen LogP contribution in [0.4, 0.5) is 4.39 Å². The van der Waals surface area contributed by atoms with Crippen LogP contribution in [0, 0.1) is 17.7 Å². The quantitative estimate of drug-likeness (QED) is 0.876. The van der Waals surface area contributed by atoms with E-state index in [1.165, 1.54) is 12.5 Å². The number of nitrogens with one attached hydrogen (secondary N) is 1. The molecule has 1 saturated heterocycles. The fourth-order valence-electron chi connectivity index (χ4n) is 3.23. The lowest BCUT2D eigenvalue weighted by Crippen LogP contribution is -2.44. The molecule has 0 aromatic heterocycles. The third kappa shape index (κ3) is 4.54. The van der Waals surface area contributed by atoms with E-state index in [0.717, 1.165) is 26.1 Å². The Morgan fingerprint density at radius 1 is 1.45 bits per heavy atom. The molecule has 1 heterocycles. The number of hydrogen-bond acceptors (Lipinski definition) is 2. The van der Waals surface area contributed by atoms with Crippen LogP contribution in [-0.4, -0.2) is 37.5 Å². The molecule has 1 N–H and O–H groups in total.